The molecule has 1 aliphatic carbocycles. The third kappa shape index (κ3) is 1.57. The number of benzene rings is 1. The number of nitrogens with two attached hydrogens (primary N) is 1. The van der Waals surface area contributed by atoms with Gasteiger partial charge in [-0.3, -0.25) is 0 Å². The van der Waals surface area contributed by atoms with E-state index in [0.29, 0.717) is 18.1 Å². The topological polar surface area (TPSA) is 64.1 Å². The number of nitrogens with zero attached hydrogens (tertiary/aromatic N) is 1. The highest BCUT2D eigenvalue weighted by Gasteiger charge is 2.26. The monoisotopic (exact) mass is 203 g/mol. The zero-order chi connectivity index (χ0) is 10.3. The Hall–Kier alpha value is -1.55. The first kappa shape index (κ1) is 8.73. The van der Waals surface area contributed by atoms with Crippen molar-refractivity contribution < 1.29 is 4.42 Å². The van der Waals surface area contributed by atoms with E-state index in [2.05, 4.69) is 10.3 Å². The van der Waals surface area contributed by atoms with Crippen LogP contribution in [0.5, 0.6) is 0 Å². The average Bonchev–Trinajstić information content (AvgIpc) is 2.57. The summed E-state index contributed by atoms with van der Waals surface area (Å²) in [5.74, 6) is 0. The number of oxazole rings is 1. The number of aromatic nitrogens is 1. The van der Waals surface area contributed by atoms with Gasteiger partial charge < -0.3 is 15.5 Å². The lowest BCUT2D eigenvalue weighted by Crippen LogP contribution is -2.44. The van der Waals surface area contributed by atoms with Crippen LogP contribution in [0.25, 0.3) is 11.1 Å². The lowest BCUT2D eigenvalue weighted by molar-refractivity contribution is 0.366. The van der Waals surface area contributed by atoms with Gasteiger partial charge in [-0.2, -0.15) is 4.98 Å². The van der Waals surface area contributed by atoms with Crippen LogP contribution in [-0.2, 0) is 0 Å². The fourth-order valence-corrected chi connectivity index (χ4v) is 1.89. The SMILES string of the molecule is NC1CC(Nc2nc3ccccc3o2)C1. The first-order valence-electron chi connectivity index (χ1n) is 5.19. The Morgan fingerprint density at radius 2 is 2.13 bits per heavy atom. The van der Waals surface area contributed by atoms with Gasteiger partial charge in [0.25, 0.3) is 6.01 Å². The molecule has 0 atom stereocenters. The minimum absolute atomic E-state index is 0.340. The maximum Gasteiger partial charge on any atom is 0.295 e. The van der Waals surface area contributed by atoms with E-state index in [4.69, 9.17) is 10.2 Å². The Kier molecular flexibility index (Phi) is 1.89. The van der Waals surface area contributed by atoms with E-state index in [1.807, 2.05) is 24.3 Å². The van der Waals surface area contributed by atoms with E-state index in [-0.39, 0.29) is 0 Å². The Morgan fingerprint density at radius 3 is 2.87 bits per heavy atom. The molecule has 0 amide bonds. The van der Waals surface area contributed by atoms with E-state index in [1.54, 1.807) is 0 Å². The third-order valence-corrected chi connectivity index (χ3v) is 2.80. The highest BCUT2D eigenvalue weighted by atomic mass is 16.4. The predicted octanol–water partition coefficient (Wildman–Crippen LogP) is 1.73. The third-order valence-electron chi connectivity index (χ3n) is 2.80. The smallest absolute Gasteiger partial charge is 0.295 e. The molecule has 1 aromatic carbocycles. The predicted molar refractivity (Wildman–Crippen MR) is 58.6 cm³/mol. The maximum atomic E-state index is 5.71. The average molecular weight is 203 g/mol. The van der Waals surface area contributed by atoms with Crippen LogP contribution in [0.15, 0.2) is 28.7 Å². The molecule has 1 aliphatic rings. The van der Waals surface area contributed by atoms with Gasteiger partial charge in [-0.15, -0.1) is 0 Å². The van der Waals surface area contributed by atoms with Crippen LogP contribution >= 0.6 is 0 Å². The minimum Gasteiger partial charge on any atom is -0.424 e. The summed E-state index contributed by atoms with van der Waals surface area (Å²) in [6.45, 7) is 0. The molecule has 78 valence electrons. The van der Waals surface area contributed by atoms with Gasteiger partial charge in [0, 0.05) is 12.1 Å². The largest absolute Gasteiger partial charge is 0.424 e. The van der Waals surface area contributed by atoms with Crippen molar-refractivity contribution in [2.24, 2.45) is 5.73 Å². The van der Waals surface area contributed by atoms with Gasteiger partial charge in [-0.1, -0.05) is 12.1 Å². The molecule has 4 heteroatoms. The van der Waals surface area contributed by atoms with Crippen LogP contribution < -0.4 is 11.1 Å². The van der Waals surface area contributed by atoms with Gasteiger partial charge in [-0.05, 0) is 25.0 Å². The summed E-state index contributed by atoms with van der Waals surface area (Å²) in [6.07, 6.45) is 2.00. The molecule has 1 fully saturated rings. The molecule has 0 spiro atoms. The molecular weight excluding hydrogens is 190 g/mol. The Balaban J connectivity index is 1.80. The van der Waals surface area contributed by atoms with Crippen molar-refractivity contribution in [3.8, 4) is 0 Å². The number of hydrogen-bond acceptors (Lipinski definition) is 4. The first-order valence-corrected chi connectivity index (χ1v) is 5.19. The van der Waals surface area contributed by atoms with Crippen molar-refractivity contribution in [1.82, 2.24) is 4.98 Å². The number of rotatable bonds is 2. The van der Waals surface area contributed by atoms with Crippen molar-refractivity contribution in [3.05, 3.63) is 24.3 Å². The highest BCUT2D eigenvalue weighted by Crippen LogP contribution is 2.24. The fraction of sp³-hybridized carbons (Fsp3) is 0.364. The molecule has 4 nitrogen and oxygen atoms in total. The zero-order valence-corrected chi connectivity index (χ0v) is 8.31. The molecule has 0 bridgehead atoms. The number of anilines is 1. The molecule has 1 aromatic heterocycles. The van der Waals surface area contributed by atoms with Crippen LogP contribution in [0.2, 0.25) is 0 Å². The molecule has 3 rings (SSSR count). The summed E-state index contributed by atoms with van der Waals surface area (Å²) in [5.41, 5.74) is 7.42. The number of fused-ring (bicyclic) bond motifs is 1. The second kappa shape index (κ2) is 3.24. The summed E-state index contributed by atoms with van der Waals surface area (Å²) < 4.78 is 5.55. The van der Waals surface area contributed by atoms with E-state index in [0.717, 1.165) is 23.9 Å². The first-order chi connectivity index (χ1) is 7.31. The van der Waals surface area contributed by atoms with E-state index >= 15 is 0 Å². The molecule has 1 saturated carbocycles. The van der Waals surface area contributed by atoms with Gasteiger partial charge in [0.15, 0.2) is 5.58 Å². The molecular formula is C11H13N3O. The van der Waals surface area contributed by atoms with Crippen LogP contribution in [0, 0.1) is 0 Å². The van der Waals surface area contributed by atoms with Crippen LogP contribution in [-0.4, -0.2) is 17.1 Å². The summed E-state index contributed by atoms with van der Waals surface area (Å²) in [5, 5.41) is 3.24. The van der Waals surface area contributed by atoms with Crippen molar-refractivity contribution >= 4 is 17.1 Å². The molecule has 3 N–H and O–H groups in total. The minimum atomic E-state index is 0.340. The van der Waals surface area contributed by atoms with Crippen LogP contribution in [0.4, 0.5) is 6.01 Å². The number of nitrogens with one attached hydrogen (secondary N) is 1. The Labute approximate surface area is 87.5 Å². The molecule has 2 aromatic rings. The van der Waals surface area contributed by atoms with Gasteiger partial charge in [-0.25, -0.2) is 0 Å². The lowest BCUT2D eigenvalue weighted by atomic mass is 9.88. The quantitative estimate of drug-likeness (QED) is 0.780. The Morgan fingerprint density at radius 1 is 1.33 bits per heavy atom. The summed E-state index contributed by atoms with van der Waals surface area (Å²) >= 11 is 0. The van der Waals surface area contributed by atoms with Crippen LogP contribution in [0.1, 0.15) is 12.8 Å². The van der Waals surface area contributed by atoms with Gasteiger partial charge >= 0.3 is 0 Å². The van der Waals surface area contributed by atoms with Gasteiger partial charge in [0.05, 0.1) is 0 Å². The van der Waals surface area contributed by atoms with E-state index < -0.39 is 0 Å². The Bertz CT molecular complexity index is 440. The molecule has 0 saturated heterocycles. The summed E-state index contributed by atoms with van der Waals surface area (Å²) in [6, 6.07) is 9.12. The fourth-order valence-electron chi connectivity index (χ4n) is 1.89. The maximum absolute atomic E-state index is 5.71. The molecule has 0 radical (unpaired) electrons. The second-order valence-corrected chi connectivity index (χ2v) is 4.06. The van der Waals surface area contributed by atoms with Crippen molar-refractivity contribution in [2.75, 3.05) is 5.32 Å². The number of para-hydroxylation sites is 2. The van der Waals surface area contributed by atoms with Crippen LogP contribution in [0.3, 0.4) is 0 Å². The molecule has 15 heavy (non-hydrogen) atoms. The van der Waals surface area contributed by atoms with Crippen molar-refractivity contribution in [3.63, 3.8) is 0 Å². The zero-order valence-electron chi connectivity index (χ0n) is 8.31. The second-order valence-electron chi connectivity index (χ2n) is 4.06. The van der Waals surface area contributed by atoms with Gasteiger partial charge in [0.2, 0.25) is 0 Å². The molecule has 0 unspecified atom stereocenters. The molecule has 1 heterocycles. The van der Waals surface area contributed by atoms with Crippen molar-refractivity contribution in [1.29, 1.82) is 0 Å². The normalized spacial score (nSPS) is 25.1. The van der Waals surface area contributed by atoms with E-state index in [1.165, 1.54) is 0 Å². The lowest BCUT2D eigenvalue weighted by Gasteiger charge is -2.32. The van der Waals surface area contributed by atoms with E-state index in [9.17, 15) is 0 Å². The van der Waals surface area contributed by atoms with Gasteiger partial charge in [0.1, 0.15) is 5.52 Å². The molecule has 0 aliphatic heterocycles. The number of hydrogen-bond donors (Lipinski definition) is 2. The standard InChI is InChI=1S/C11H13N3O/c12-7-5-8(6-7)13-11-14-9-3-1-2-4-10(9)15-11/h1-4,7-8H,5-6,12H2,(H,13,14). The van der Waals surface area contributed by atoms with Crippen molar-refractivity contribution in [2.45, 2.75) is 24.9 Å². The summed E-state index contributed by atoms with van der Waals surface area (Å²) in [4.78, 5) is 4.34. The summed E-state index contributed by atoms with van der Waals surface area (Å²) in [7, 11) is 0. The highest BCUT2D eigenvalue weighted by molar-refractivity contribution is 5.74.